The fraction of sp³-hybridized carbons (Fsp3) is 0.269. The molecule has 9 heteroatoms. The molecule has 6 nitrogen and oxygen atoms in total. The molecule has 1 N–H and O–H groups in total. The first-order valence-corrected chi connectivity index (χ1v) is 12.3. The van der Waals surface area contributed by atoms with Crippen LogP contribution in [0.15, 0.2) is 60.8 Å². The van der Waals surface area contributed by atoms with E-state index in [0.29, 0.717) is 39.3 Å². The van der Waals surface area contributed by atoms with E-state index in [-0.39, 0.29) is 23.8 Å². The van der Waals surface area contributed by atoms with Gasteiger partial charge in [0.25, 0.3) is 11.8 Å². The van der Waals surface area contributed by atoms with E-state index in [1.807, 2.05) is 25.2 Å². The van der Waals surface area contributed by atoms with Gasteiger partial charge in [0.05, 0.1) is 15.6 Å². The standard InChI is InChI=1S/C26H25Cl3N4O2/c1-30-25(34)18-6-10-24(31-14-18)33-12-11-23(20(15-33)17-5-9-21(28)22(29)13-17)32(2)26(35)16-3-7-19(27)8-4-16/h3-10,13-14,20,23H,11-12,15H2,1-2H3,(H,30,34)/t20-,23+/m0/s1. The highest BCUT2D eigenvalue weighted by Crippen LogP contribution is 2.35. The highest BCUT2D eigenvalue weighted by Gasteiger charge is 2.36. The fourth-order valence-corrected chi connectivity index (χ4v) is 4.91. The largest absolute Gasteiger partial charge is 0.356 e. The van der Waals surface area contributed by atoms with E-state index in [9.17, 15) is 9.59 Å². The van der Waals surface area contributed by atoms with Gasteiger partial charge in [-0.15, -0.1) is 0 Å². The van der Waals surface area contributed by atoms with Crippen molar-refractivity contribution in [2.45, 2.75) is 18.4 Å². The molecule has 0 radical (unpaired) electrons. The van der Waals surface area contributed by atoms with Crippen molar-refractivity contribution in [3.8, 4) is 0 Å². The van der Waals surface area contributed by atoms with E-state index in [2.05, 4.69) is 15.2 Å². The number of benzene rings is 2. The van der Waals surface area contributed by atoms with Crippen molar-refractivity contribution < 1.29 is 9.59 Å². The fourth-order valence-electron chi connectivity index (χ4n) is 4.48. The van der Waals surface area contributed by atoms with Crippen molar-refractivity contribution in [2.24, 2.45) is 0 Å². The van der Waals surface area contributed by atoms with Gasteiger partial charge in [-0.1, -0.05) is 40.9 Å². The van der Waals surface area contributed by atoms with Gasteiger partial charge in [-0.25, -0.2) is 4.98 Å². The number of carbonyl (C=O) groups excluding carboxylic acids is 2. The summed E-state index contributed by atoms with van der Waals surface area (Å²) in [5.41, 5.74) is 2.07. The van der Waals surface area contributed by atoms with E-state index in [1.54, 1.807) is 54.5 Å². The second kappa shape index (κ2) is 10.9. The minimum Gasteiger partial charge on any atom is -0.356 e. The Balaban J connectivity index is 1.63. The molecule has 1 fully saturated rings. The molecule has 4 rings (SSSR count). The van der Waals surface area contributed by atoms with Crippen molar-refractivity contribution in [3.05, 3.63) is 92.6 Å². The zero-order valence-electron chi connectivity index (χ0n) is 19.3. The van der Waals surface area contributed by atoms with Crippen LogP contribution >= 0.6 is 34.8 Å². The topological polar surface area (TPSA) is 65.5 Å². The van der Waals surface area contributed by atoms with Crippen LogP contribution in [0.2, 0.25) is 15.1 Å². The number of hydrogen-bond acceptors (Lipinski definition) is 4. The van der Waals surface area contributed by atoms with Crippen LogP contribution in [0.25, 0.3) is 0 Å². The van der Waals surface area contributed by atoms with Gasteiger partial charge in [0.2, 0.25) is 0 Å². The Hall–Kier alpha value is -2.80. The lowest BCUT2D eigenvalue weighted by atomic mass is 9.84. The molecule has 3 aromatic rings. The number of likely N-dealkylation sites (N-methyl/N-ethyl adjacent to an activating group) is 1. The maximum atomic E-state index is 13.3. The SMILES string of the molecule is CNC(=O)c1ccc(N2CC[C@@H](N(C)C(=O)c3ccc(Cl)cc3)[C@H](c3ccc(Cl)c(Cl)c3)C2)nc1. The summed E-state index contributed by atoms with van der Waals surface area (Å²) < 4.78 is 0. The van der Waals surface area contributed by atoms with Crippen LogP contribution in [0.3, 0.4) is 0 Å². The maximum absolute atomic E-state index is 13.3. The molecule has 2 atom stereocenters. The van der Waals surface area contributed by atoms with Crippen molar-refractivity contribution >= 4 is 52.4 Å². The summed E-state index contributed by atoms with van der Waals surface area (Å²) >= 11 is 18.5. The van der Waals surface area contributed by atoms with Gasteiger partial charge < -0.3 is 15.1 Å². The molecule has 2 aromatic carbocycles. The molecule has 0 aliphatic carbocycles. The molecule has 0 spiro atoms. The van der Waals surface area contributed by atoms with Crippen molar-refractivity contribution in [1.82, 2.24) is 15.2 Å². The van der Waals surface area contributed by atoms with E-state index in [4.69, 9.17) is 34.8 Å². The summed E-state index contributed by atoms with van der Waals surface area (Å²) in [6.07, 6.45) is 2.30. The summed E-state index contributed by atoms with van der Waals surface area (Å²) in [4.78, 5) is 33.7. The summed E-state index contributed by atoms with van der Waals surface area (Å²) in [5, 5.41) is 4.14. The van der Waals surface area contributed by atoms with Crippen LogP contribution in [0, 0.1) is 0 Å². The molecular weight excluding hydrogens is 507 g/mol. The highest BCUT2D eigenvalue weighted by atomic mass is 35.5. The number of aromatic nitrogens is 1. The zero-order valence-corrected chi connectivity index (χ0v) is 21.6. The third-order valence-corrected chi connectivity index (χ3v) is 7.41. The molecule has 1 aliphatic heterocycles. The number of halogens is 3. The van der Waals surface area contributed by atoms with Crippen LogP contribution in [0.1, 0.15) is 38.6 Å². The number of nitrogens with one attached hydrogen (secondary N) is 1. The number of carbonyl (C=O) groups is 2. The van der Waals surface area contributed by atoms with Gasteiger partial charge in [0.1, 0.15) is 5.82 Å². The lowest BCUT2D eigenvalue weighted by molar-refractivity contribution is 0.0687. The number of hydrogen-bond donors (Lipinski definition) is 1. The zero-order chi connectivity index (χ0) is 25.1. The second-order valence-electron chi connectivity index (χ2n) is 8.49. The van der Waals surface area contributed by atoms with Crippen LogP contribution in [0.4, 0.5) is 5.82 Å². The number of nitrogens with zero attached hydrogens (tertiary/aromatic N) is 3. The highest BCUT2D eigenvalue weighted by molar-refractivity contribution is 6.42. The first-order valence-electron chi connectivity index (χ1n) is 11.2. The average Bonchev–Trinajstić information content (AvgIpc) is 2.89. The summed E-state index contributed by atoms with van der Waals surface area (Å²) in [5.74, 6) is 0.477. The number of rotatable bonds is 5. The Labute approximate surface area is 219 Å². The Morgan fingerprint density at radius 2 is 1.71 bits per heavy atom. The summed E-state index contributed by atoms with van der Waals surface area (Å²) in [6, 6.07) is 16.1. The summed E-state index contributed by atoms with van der Waals surface area (Å²) in [6.45, 7) is 1.32. The van der Waals surface area contributed by atoms with Gasteiger partial charge >= 0.3 is 0 Å². The Morgan fingerprint density at radius 3 is 2.34 bits per heavy atom. The number of amides is 2. The predicted molar refractivity (Wildman–Crippen MR) is 141 cm³/mol. The summed E-state index contributed by atoms with van der Waals surface area (Å²) in [7, 11) is 3.42. The van der Waals surface area contributed by atoms with Gasteiger partial charge in [-0.05, 0) is 60.5 Å². The smallest absolute Gasteiger partial charge is 0.253 e. The molecule has 0 bridgehead atoms. The van der Waals surface area contributed by atoms with Crippen LogP contribution < -0.4 is 10.2 Å². The van der Waals surface area contributed by atoms with E-state index >= 15 is 0 Å². The molecule has 1 saturated heterocycles. The minimum absolute atomic E-state index is 0.0415. The molecule has 2 heterocycles. The molecule has 2 amide bonds. The van der Waals surface area contributed by atoms with Gasteiger partial charge in [-0.2, -0.15) is 0 Å². The molecule has 1 aliphatic rings. The monoisotopic (exact) mass is 530 g/mol. The first-order chi connectivity index (χ1) is 16.8. The van der Waals surface area contributed by atoms with Gasteiger partial charge in [-0.3, -0.25) is 9.59 Å². The quantitative estimate of drug-likeness (QED) is 0.470. The lowest BCUT2D eigenvalue weighted by Gasteiger charge is -2.43. The number of piperidine rings is 1. The molecule has 0 saturated carbocycles. The van der Waals surface area contributed by atoms with E-state index in [0.717, 1.165) is 17.8 Å². The number of anilines is 1. The Bertz CT molecular complexity index is 1220. The normalized spacial score (nSPS) is 17.7. The molecule has 0 unspecified atom stereocenters. The third-order valence-electron chi connectivity index (χ3n) is 6.42. The number of pyridine rings is 1. The molecule has 35 heavy (non-hydrogen) atoms. The van der Waals surface area contributed by atoms with E-state index < -0.39 is 0 Å². The van der Waals surface area contributed by atoms with Gasteiger partial charge in [0.15, 0.2) is 0 Å². The van der Waals surface area contributed by atoms with Gasteiger partial charge in [0, 0.05) is 55.9 Å². The average molecular weight is 532 g/mol. The Kier molecular flexibility index (Phi) is 7.85. The minimum atomic E-state index is -0.182. The lowest BCUT2D eigenvalue weighted by Crippen LogP contribution is -2.50. The third kappa shape index (κ3) is 5.56. The van der Waals surface area contributed by atoms with E-state index in [1.165, 1.54) is 0 Å². The second-order valence-corrected chi connectivity index (χ2v) is 9.74. The molecule has 1 aromatic heterocycles. The molecule has 182 valence electrons. The maximum Gasteiger partial charge on any atom is 0.253 e. The van der Waals surface area contributed by atoms with Crippen LogP contribution in [-0.4, -0.2) is 54.9 Å². The Morgan fingerprint density at radius 1 is 1.00 bits per heavy atom. The first kappa shape index (κ1) is 25.3. The van der Waals surface area contributed by atoms with Crippen molar-refractivity contribution in [3.63, 3.8) is 0 Å². The molecular formula is C26H25Cl3N4O2. The van der Waals surface area contributed by atoms with Crippen LogP contribution in [0.5, 0.6) is 0 Å². The van der Waals surface area contributed by atoms with Crippen molar-refractivity contribution in [2.75, 3.05) is 32.1 Å². The predicted octanol–water partition coefficient (Wildman–Crippen LogP) is 5.54. The van der Waals surface area contributed by atoms with Crippen molar-refractivity contribution in [1.29, 1.82) is 0 Å². The van der Waals surface area contributed by atoms with Crippen LogP contribution in [-0.2, 0) is 0 Å².